The Balaban J connectivity index is 2.60. The number of aliphatic carboxylic acids is 1. The first-order chi connectivity index (χ1) is 5.74. The van der Waals surface area contributed by atoms with Crippen molar-refractivity contribution in [3.63, 3.8) is 0 Å². The molecule has 1 rings (SSSR count). The van der Waals surface area contributed by atoms with Crippen LogP contribution in [-0.4, -0.2) is 35.4 Å². The Hall–Kier alpha value is -1.50. The molecule has 0 saturated carbocycles. The van der Waals surface area contributed by atoms with E-state index in [2.05, 4.69) is 17.0 Å². The van der Waals surface area contributed by atoms with Crippen LogP contribution in [0.2, 0.25) is 0 Å². The van der Waals surface area contributed by atoms with E-state index < -0.39 is 11.9 Å². The molecule has 1 N–H and O–H groups in total. The standard InChI is InChI=1S/C8H10N2O2/c1-2-3-10-5-7(8(11)12)4-9-6-10/h6-7H,4-5H2,1H3,(H,11,12). The summed E-state index contributed by atoms with van der Waals surface area (Å²) in [6.45, 7) is 2.50. The molecule has 1 atom stereocenters. The summed E-state index contributed by atoms with van der Waals surface area (Å²) in [6, 6.07) is 2.74. The van der Waals surface area contributed by atoms with Crippen molar-refractivity contribution >= 4 is 12.3 Å². The van der Waals surface area contributed by atoms with Crippen molar-refractivity contribution in [3.05, 3.63) is 0 Å². The minimum atomic E-state index is -0.810. The van der Waals surface area contributed by atoms with Crippen LogP contribution in [0.1, 0.15) is 6.92 Å². The molecule has 4 nitrogen and oxygen atoms in total. The minimum Gasteiger partial charge on any atom is -0.481 e. The third kappa shape index (κ3) is 1.99. The van der Waals surface area contributed by atoms with Crippen LogP contribution in [0.4, 0.5) is 0 Å². The van der Waals surface area contributed by atoms with Gasteiger partial charge in [0.15, 0.2) is 0 Å². The summed E-state index contributed by atoms with van der Waals surface area (Å²) in [4.78, 5) is 16.1. The van der Waals surface area contributed by atoms with Crippen molar-refractivity contribution in [1.82, 2.24) is 4.90 Å². The number of carboxylic acid groups (broad SMARTS) is 1. The fraction of sp³-hybridized carbons (Fsp3) is 0.500. The quantitative estimate of drug-likeness (QED) is 0.558. The van der Waals surface area contributed by atoms with Gasteiger partial charge in [0.25, 0.3) is 0 Å². The Labute approximate surface area is 70.9 Å². The fourth-order valence-corrected chi connectivity index (χ4v) is 0.990. The van der Waals surface area contributed by atoms with E-state index in [-0.39, 0.29) is 0 Å². The molecular formula is C8H10N2O2. The minimum absolute atomic E-state index is 0.358. The van der Waals surface area contributed by atoms with Gasteiger partial charge < -0.3 is 5.11 Å². The third-order valence-corrected chi connectivity index (χ3v) is 1.57. The average molecular weight is 166 g/mol. The largest absolute Gasteiger partial charge is 0.481 e. The number of hydrogen-bond donors (Lipinski definition) is 1. The van der Waals surface area contributed by atoms with Gasteiger partial charge in [0.05, 0.1) is 18.8 Å². The highest BCUT2D eigenvalue weighted by atomic mass is 16.4. The van der Waals surface area contributed by atoms with Gasteiger partial charge in [-0.15, -0.1) is 0 Å². The summed E-state index contributed by atoms with van der Waals surface area (Å²) in [5, 5.41) is 8.68. The van der Waals surface area contributed by atoms with E-state index in [0.717, 1.165) is 0 Å². The molecule has 0 spiro atoms. The second kappa shape index (κ2) is 3.77. The number of hydrogen-bond acceptors (Lipinski definition) is 3. The van der Waals surface area contributed by atoms with E-state index in [0.29, 0.717) is 13.1 Å². The number of nitrogens with zero attached hydrogens (tertiary/aromatic N) is 2. The first kappa shape index (κ1) is 8.60. The van der Waals surface area contributed by atoms with Crippen LogP contribution < -0.4 is 0 Å². The van der Waals surface area contributed by atoms with Gasteiger partial charge in [-0.2, -0.15) is 0 Å². The summed E-state index contributed by atoms with van der Waals surface area (Å²) in [6.07, 6.45) is 1.58. The molecule has 1 heterocycles. The van der Waals surface area contributed by atoms with Gasteiger partial charge in [-0.05, 0) is 6.92 Å². The molecule has 1 unspecified atom stereocenters. The molecule has 0 fully saturated rings. The van der Waals surface area contributed by atoms with Crippen LogP contribution in [0.5, 0.6) is 0 Å². The first-order valence-electron chi connectivity index (χ1n) is 3.66. The Morgan fingerprint density at radius 2 is 2.58 bits per heavy atom. The second-order valence-corrected chi connectivity index (χ2v) is 2.53. The van der Waals surface area contributed by atoms with Crippen molar-refractivity contribution in [3.8, 4) is 12.0 Å². The highest BCUT2D eigenvalue weighted by Crippen LogP contribution is 2.04. The molecule has 0 radical (unpaired) electrons. The molecule has 64 valence electrons. The predicted octanol–water partition coefficient (Wildman–Crippen LogP) is 0.0119. The summed E-state index contributed by atoms with van der Waals surface area (Å²) in [5.41, 5.74) is 0. The monoisotopic (exact) mass is 166 g/mol. The SMILES string of the molecule is CC#CN1C=NCC(C(=O)O)C1. The van der Waals surface area contributed by atoms with Crippen molar-refractivity contribution < 1.29 is 9.90 Å². The smallest absolute Gasteiger partial charge is 0.310 e. The molecule has 0 amide bonds. The zero-order valence-electron chi connectivity index (χ0n) is 6.82. The summed E-state index contributed by atoms with van der Waals surface area (Å²) >= 11 is 0. The first-order valence-corrected chi connectivity index (χ1v) is 3.66. The zero-order chi connectivity index (χ0) is 8.97. The molecule has 0 aromatic rings. The predicted molar refractivity (Wildman–Crippen MR) is 44.6 cm³/mol. The van der Waals surface area contributed by atoms with Crippen LogP contribution in [-0.2, 0) is 4.79 Å². The number of rotatable bonds is 1. The third-order valence-electron chi connectivity index (χ3n) is 1.57. The Bertz CT molecular complexity index is 262. The van der Waals surface area contributed by atoms with Gasteiger partial charge in [0, 0.05) is 12.6 Å². The molecule has 0 saturated heterocycles. The molecule has 12 heavy (non-hydrogen) atoms. The van der Waals surface area contributed by atoms with E-state index in [1.54, 1.807) is 18.2 Å². The van der Waals surface area contributed by atoms with Crippen molar-refractivity contribution in [2.24, 2.45) is 10.9 Å². The lowest BCUT2D eigenvalue weighted by Crippen LogP contribution is -2.35. The van der Waals surface area contributed by atoms with Crippen LogP contribution in [0, 0.1) is 17.9 Å². The van der Waals surface area contributed by atoms with Gasteiger partial charge in [-0.1, -0.05) is 5.92 Å². The van der Waals surface area contributed by atoms with Crippen LogP contribution in [0.3, 0.4) is 0 Å². The Kier molecular flexibility index (Phi) is 2.70. The molecule has 0 aromatic heterocycles. The van der Waals surface area contributed by atoms with Crippen LogP contribution in [0.25, 0.3) is 0 Å². The van der Waals surface area contributed by atoms with Crippen LogP contribution >= 0.6 is 0 Å². The maximum atomic E-state index is 10.6. The van der Waals surface area contributed by atoms with Gasteiger partial charge in [-0.25, -0.2) is 0 Å². The lowest BCUT2D eigenvalue weighted by molar-refractivity contribution is -0.141. The molecular weight excluding hydrogens is 156 g/mol. The van der Waals surface area contributed by atoms with Gasteiger partial charge in [0.2, 0.25) is 0 Å². The molecule has 1 aliphatic rings. The molecule has 4 heteroatoms. The lowest BCUT2D eigenvalue weighted by Gasteiger charge is -2.20. The summed E-state index contributed by atoms with van der Waals surface area (Å²) in [5.74, 6) is 1.46. The number of aliphatic imine (C=N–C) groups is 1. The topological polar surface area (TPSA) is 52.9 Å². The lowest BCUT2D eigenvalue weighted by atomic mass is 10.1. The van der Waals surface area contributed by atoms with Gasteiger partial charge >= 0.3 is 5.97 Å². The van der Waals surface area contributed by atoms with Gasteiger partial charge in [-0.3, -0.25) is 14.7 Å². The van der Waals surface area contributed by atoms with Crippen molar-refractivity contribution in [1.29, 1.82) is 0 Å². The summed E-state index contributed by atoms with van der Waals surface area (Å²) in [7, 11) is 0. The van der Waals surface area contributed by atoms with Crippen LogP contribution in [0.15, 0.2) is 4.99 Å². The highest BCUT2D eigenvalue weighted by Gasteiger charge is 2.21. The van der Waals surface area contributed by atoms with Crippen molar-refractivity contribution in [2.45, 2.75) is 6.92 Å². The maximum absolute atomic E-state index is 10.6. The number of carboxylic acids is 1. The Morgan fingerprint density at radius 3 is 3.17 bits per heavy atom. The normalized spacial score (nSPS) is 21.4. The van der Waals surface area contributed by atoms with Crippen molar-refractivity contribution in [2.75, 3.05) is 13.1 Å². The zero-order valence-corrected chi connectivity index (χ0v) is 6.82. The van der Waals surface area contributed by atoms with E-state index in [1.165, 1.54) is 0 Å². The maximum Gasteiger partial charge on any atom is 0.310 e. The fourth-order valence-electron chi connectivity index (χ4n) is 0.990. The van der Waals surface area contributed by atoms with E-state index in [4.69, 9.17) is 5.11 Å². The molecule has 0 aromatic carbocycles. The number of carbonyl (C=O) groups is 1. The van der Waals surface area contributed by atoms with E-state index in [9.17, 15) is 4.79 Å². The van der Waals surface area contributed by atoms with E-state index >= 15 is 0 Å². The van der Waals surface area contributed by atoms with E-state index in [1.807, 2.05) is 0 Å². The van der Waals surface area contributed by atoms with Gasteiger partial charge in [0.1, 0.15) is 0 Å². The Morgan fingerprint density at radius 1 is 1.83 bits per heavy atom. The molecule has 0 aliphatic carbocycles. The second-order valence-electron chi connectivity index (χ2n) is 2.53. The molecule has 1 aliphatic heterocycles. The molecule has 0 bridgehead atoms. The summed E-state index contributed by atoms with van der Waals surface area (Å²) < 4.78 is 0. The highest BCUT2D eigenvalue weighted by molar-refractivity contribution is 5.73. The average Bonchev–Trinajstić information content (AvgIpc) is 2.05.